The number of nitrogens with zero attached hydrogens (tertiary/aromatic N) is 1. The zero-order chi connectivity index (χ0) is 15.1. The van der Waals surface area contributed by atoms with E-state index < -0.39 is 12.0 Å². The molecule has 0 aliphatic carbocycles. The second-order valence-electron chi connectivity index (χ2n) is 4.61. The molecule has 20 heavy (non-hydrogen) atoms. The van der Waals surface area contributed by atoms with Crippen molar-refractivity contribution in [1.29, 1.82) is 0 Å². The highest BCUT2D eigenvalue weighted by molar-refractivity contribution is 5.85. The van der Waals surface area contributed by atoms with Crippen molar-refractivity contribution >= 4 is 11.9 Å². The highest BCUT2D eigenvalue weighted by Crippen LogP contribution is 2.16. The van der Waals surface area contributed by atoms with E-state index in [2.05, 4.69) is 10.3 Å². The second-order valence-corrected chi connectivity index (χ2v) is 4.61. The predicted molar refractivity (Wildman–Crippen MR) is 73.3 cm³/mol. The molecule has 1 amide bonds. The summed E-state index contributed by atoms with van der Waals surface area (Å²) in [6.45, 7) is 3.52. The number of hydrogen-bond acceptors (Lipinski definition) is 5. The van der Waals surface area contributed by atoms with Gasteiger partial charge in [-0.05, 0) is 6.07 Å². The molecule has 0 saturated heterocycles. The Kier molecular flexibility index (Phi) is 5.96. The van der Waals surface area contributed by atoms with Gasteiger partial charge in [0, 0.05) is 24.1 Å². The minimum atomic E-state index is -0.756. The van der Waals surface area contributed by atoms with E-state index in [-0.39, 0.29) is 18.2 Å². The van der Waals surface area contributed by atoms with Gasteiger partial charge in [-0.2, -0.15) is 0 Å². The first-order valence-electron chi connectivity index (χ1n) is 6.35. The molecule has 0 bridgehead atoms. The number of hydrogen-bond donors (Lipinski definition) is 1. The number of ether oxygens (including phenoxy) is 2. The molecule has 6 nitrogen and oxygen atoms in total. The molecule has 0 aliphatic rings. The average molecular weight is 280 g/mol. The summed E-state index contributed by atoms with van der Waals surface area (Å²) in [5.74, 6) is -0.480. The SMILES string of the molecule is COC(=O)[C@H](Cc1cccnc1OC)NC(=O)C(C)C. The Morgan fingerprint density at radius 3 is 2.60 bits per heavy atom. The Morgan fingerprint density at radius 2 is 2.05 bits per heavy atom. The van der Waals surface area contributed by atoms with Crippen LogP contribution >= 0.6 is 0 Å². The van der Waals surface area contributed by atoms with E-state index in [4.69, 9.17) is 9.47 Å². The molecule has 0 unspecified atom stereocenters. The van der Waals surface area contributed by atoms with Gasteiger partial charge in [0.05, 0.1) is 14.2 Å². The first-order chi connectivity index (χ1) is 9.49. The van der Waals surface area contributed by atoms with E-state index in [0.29, 0.717) is 5.88 Å². The molecule has 0 radical (unpaired) electrons. The topological polar surface area (TPSA) is 77.5 Å². The average Bonchev–Trinajstić information content (AvgIpc) is 2.45. The van der Waals surface area contributed by atoms with E-state index in [1.165, 1.54) is 14.2 Å². The molecule has 0 spiro atoms. The van der Waals surface area contributed by atoms with Crippen LogP contribution in [0.25, 0.3) is 0 Å². The number of esters is 1. The van der Waals surface area contributed by atoms with E-state index in [0.717, 1.165) is 5.56 Å². The minimum Gasteiger partial charge on any atom is -0.481 e. The summed E-state index contributed by atoms with van der Waals surface area (Å²) < 4.78 is 9.86. The van der Waals surface area contributed by atoms with Crippen molar-refractivity contribution in [1.82, 2.24) is 10.3 Å². The van der Waals surface area contributed by atoms with Crippen LogP contribution in [0.15, 0.2) is 18.3 Å². The van der Waals surface area contributed by atoms with Gasteiger partial charge in [-0.3, -0.25) is 4.79 Å². The van der Waals surface area contributed by atoms with Crippen molar-refractivity contribution in [2.75, 3.05) is 14.2 Å². The van der Waals surface area contributed by atoms with Crippen LogP contribution in [-0.4, -0.2) is 37.1 Å². The van der Waals surface area contributed by atoms with E-state index in [1.54, 1.807) is 32.2 Å². The van der Waals surface area contributed by atoms with Crippen LogP contribution in [0.4, 0.5) is 0 Å². The molecule has 1 atom stereocenters. The maximum absolute atomic E-state index is 11.8. The minimum absolute atomic E-state index is 0.205. The fourth-order valence-electron chi connectivity index (χ4n) is 1.66. The number of carbonyl (C=O) groups is 2. The van der Waals surface area contributed by atoms with Crippen LogP contribution in [-0.2, 0) is 20.7 Å². The number of nitrogens with one attached hydrogen (secondary N) is 1. The number of pyridine rings is 1. The Morgan fingerprint density at radius 1 is 1.35 bits per heavy atom. The molecule has 110 valence electrons. The van der Waals surface area contributed by atoms with E-state index >= 15 is 0 Å². The summed E-state index contributed by atoms with van der Waals surface area (Å²) in [5.41, 5.74) is 0.731. The number of aromatic nitrogens is 1. The van der Waals surface area contributed by atoms with Crippen molar-refractivity contribution < 1.29 is 19.1 Å². The smallest absolute Gasteiger partial charge is 0.328 e. The fourth-order valence-corrected chi connectivity index (χ4v) is 1.66. The molecule has 6 heteroatoms. The first kappa shape index (κ1) is 15.9. The van der Waals surface area contributed by atoms with Gasteiger partial charge in [-0.15, -0.1) is 0 Å². The third-order valence-corrected chi connectivity index (χ3v) is 2.79. The quantitative estimate of drug-likeness (QED) is 0.785. The summed E-state index contributed by atoms with van der Waals surface area (Å²) >= 11 is 0. The van der Waals surface area contributed by atoms with Crippen molar-refractivity contribution in [3.8, 4) is 5.88 Å². The monoisotopic (exact) mass is 280 g/mol. The lowest BCUT2D eigenvalue weighted by Gasteiger charge is -2.18. The molecule has 0 aliphatic heterocycles. The largest absolute Gasteiger partial charge is 0.481 e. The van der Waals surface area contributed by atoms with Crippen LogP contribution in [0, 0.1) is 5.92 Å². The van der Waals surface area contributed by atoms with Crippen LogP contribution in [0.1, 0.15) is 19.4 Å². The maximum Gasteiger partial charge on any atom is 0.328 e. The number of carbonyl (C=O) groups excluding carboxylic acids is 2. The lowest BCUT2D eigenvalue weighted by atomic mass is 10.1. The zero-order valence-electron chi connectivity index (χ0n) is 12.2. The first-order valence-corrected chi connectivity index (χ1v) is 6.35. The van der Waals surface area contributed by atoms with Crippen LogP contribution in [0.2, 0.25) is 0 Å². The molecule has 0 aromatic carbocycles. The molecule has 1 heterocycles. The Labute approximate surface area is 118 Å². The molecule has 1 aromatic rings. The van der Waals surface area contributed by atoms with Crippen molar-refractivity contribution in [3.05, 3.63) is 23.9 Å². The summed E-state index contributed by atoms with van der Waals surface area (Å²) in [7, 11) is 2.79. The Bertz CT molecular complexity index is 474. The normalized spacial score (nSPS) is 11.8. The van der Waals surface area contributed by atoms with Crippen molar-refractivity contribution in [2.24, 2.45) is 5.92 Å². The lowest BCUT2D eigenvalue weighted by molar-refractivity contribution is -0.145. The van der Waals surface area contributed by atoms with Gasteiger partial charge in [-0.1, -0.05) is 19.9 Å². The number of methoxy groups -OCH3 is 2. The summed E-state index contributed by atoms with van der Waals surface area (Å²) in [5, 5.41) is 2.67. The second kappa shape index (κ2) is 7.47. The molecule has 1 N–H and O–H groups in total. The zero-order valence-corrected chi connectivity index (χ0v) is 12.2. The Hall–Kier alpha value is -2.11. The van der Waals surface area contributed by atoms with Crippen LogP contribution in [0.3, 0.4) is 0 Å². The van der Waals surface area contributed by atoms with Crippen LogP contribution < -0.4 is 10.1 Å². The van der Waals surface area contributed by atoms with Gasteiger partial charge in [-0.25, -0.2) is 9.78 Å². The van der Waals surface area contributed by atoms with Gasteiger partial charge in [0.1, 0.15) is 6.04 Å². The third kappa shape index (κ3) is 4.22. The van der Waals surface area contributed by atoms with Gasteiger partial charge >= 0.3 is 5.97 Å². The van der Waals surface area contributed by atoms with Gasteiger partial charge in [0.2, 0.25) is 11.8 Å². The lowest BCUT2D eigenvalue weighted by Crippen LogP contribution is -2.44. The van der Waals surface area contributed by atoms with E-state index in [1.807, 2.05) is 0 Å². The molecular weight excluding hydrogens is 260 g/mol. The molecule has 0 fully saturated rings. The van der Waals surface area contributed by atoms with Gasteiger partial charge < -0.3 is 14.8 Å². The standard InChI is InChI=1S/C14H20N2O4/c1-9(2)12(17)16-11(14(18)20-4)8-10-6-5-7-15-13(10)19-3/h5-7,9,11H,8H2,1-4H3,(H,16,17)/t11-/m0/s1. The molecule has 0 saturated carbocycles. The van der Waals surface area contributed by atoms with Crippen LogP contribution in [0.5, 0.6) is 5.88 Å². The number of amides is 1. The fraction of sp³-hybridized carbons (Fsp3) is 0.500. The highest BCUT2D eigenvalue weighted by atomic mass is 16.5. The number of rotatable bonds is 6. The molecule has 1 rings (SSSR count). The Balaban J connectivity index is 2.89. The summed E-state index contributed by atoms with van der Waals surface area (Å²) in [6, 6.07) is 2.78. The molecular formula is C14H20N2O4. The van der Waals surface area contributed by atoms with Crippen molar-refractivity contribution in [2.45, 2.75) is 26.3 Å². The summed E-state index contributed by atoms with van der Waals surface area (Å²) in [4.78, 5) is 27.6. The van der Waals surface area contributed by atoms with Gasteiger partial charge in [0.15, 0.2) is 0 Å². The molecule has 1 aromatic heterocycles. The highest BCUT2D eigenvalue weighted by Gasteiger charge is 2.24. The van der Waals surface area contributed by atoms with E-state index in [9.17, 15) is 9.59 Å². The maximum atomic E-state index is 11.8. The summed E-state index contributed by atoms with van der Waals surface area (Å²) in [6.07, 6.45) is 1.87. The van der Waals surface area contributed by atoms with Gasteiger partial charge in [0.25, 0.3) is 0 Å². The predicted octanol–water partition coefficient (Wildman–Crippen LogP) is 0.946. The third-order valence-electron chi connectivity index (χ3n) is 2.79. The van der Waals surface area contributed by atoms with Crippen molar-refractivity contribution in [3.63, 3.8) is 0 Å².